The number of rotatable bonds is 3. The average Bonchev–Trinajstić information content (AvgIpc) is 2.39. The molecule has 0 aliphatic rings. The highest BCUT2D eigenvalue weighted by atomic mass is 16.3. The van der Waals surface area contributed by atoms with Gasteiger partial charge in [0.25, 0.3) is 0 Å². The van der Waals surface area contributed by atoms with Gasteiger partial charge in [0.05, 0.1) is 0 Å². The fourth-order valence-electron chi connectivity index (χ4n) is 2.21. The monoisotopic (exact) mass is 242 g/mol. The van der Waals surface area contributed by atoms with E-state index in [1.54, 1.807) is 18.2 Å². The number of benzene rings is 2. The summed E-state index contributed by atoms with van der Waals surface area (Å²) >= 11 is 0. The van der Waals surface area contributed by atoms with Gasteiger partial charge in [-0.25, -0.2) is 0 Å². The third-order valence-electron chi connectivity index (χ3n) is 3.26. The lowest BCUT2D eigenvalue weighted by molar-refractivity contribution is 0.468. The normalized spacial score (nSPS) is 10.6. The standard InChI is InChI=1S/C16H18O2/c1-3-11-9-12(4-2)16(18)10-14(11)13-7-5-6-8-15(13)17/h5-10,17-18H,3-4H2,1-2H3. The highest BCUT2D eigenvalue weighted by Crippen LogP contribution is 2.35. The summed E-state index contributed by atoms with van der Waals surface area (Å²) in [5.41, 5.74) is 3.77. The Labute approximate surface area is 108 Å². The minimum Gasteiger partial charge on any atom is -0.508 e. The largest absolute Gasteiger partial charge is 0.508 e. The molecule has 0 amide bonds. The minimum atomic E-state index is 0.246. The Hall–Kier alpha value is -1.96. The first-order chi connectivity index (χ1) is 8.67. The van der Waals surface area contributed by atoms with Crippen molar-refractivity contribution in [3.05, 3.63) is 47.5 Å². The van der Waals surface area contributed by atoms with Crippen molar-refractivity contribution in [2.45, 2.75) is 26.7 Å². The van der Waals surface area contributed by atoms with E-state index in [-0.39, 0.29) is 5.75 Å². The van der Waals surface area contributed by atoms with Crippen LogP contribution in [0.3, 0.4) is 0 Å². The fraction of sp³-hybridized carbons (Fsp3) is 0.250. The Balaban J connectivity index is 2.64. The second-order valence-electron chi connectivity index (χ2n) is 4.36. The first kappa shape index (κ1) is 12.5. The quantitative estimate of drug-likeness (QED) is 0.857. The molecular weight excluding hydrogens is 224 g/mol. The summed E-state index contributed by atoms with van der Waals surface area (Å²) in [5.74, 6) is 0.545. The lowest BCUT2D eigenvalue weighted by atomic mass is 9.94. The highest BCUT2D eigenvalue weighted by Gasteiger charge is 2.11. The Morgan fingerprint density at radius 3 is 2.06 bits per heavy atom. The molecule has 2 aromatic carbocycles. The molecule has 0 aliphatic heterocycles. The maximum absolute atomic E-state index is 9.98. The number of para-hydroxylation sites is 1. The molecule has 0 saturated heterocycles. The van der Waals surface area contributed by atoms with Crippen molar-refractivity contribution in [3.63, 3.8) is 0 Å². The van der Waals surface area contributed by atoms with Crippen LogP contribution in [-0.4, -0.2) is 10.2 Å². The smallest absolute Gasteiger partial charge is 0.123 e. The Kier molecular flexibility index (Phi) is 3.56. The van der Waals surface area contributed by atoms with Gasteiger partial charge in [-0.2, -0.15) is 0 Å². The molecule has 2 nitrogen and oxygen atoms in total. The molecule has 2 rings (SSSR count). The summed E-state index contributed by atoms with van der Waals surface area (Å²) < 4.78 is 0. The summed E-state index contributed by atoms with van der Waals surface area (Å²) in [7, 11) is 0. The van der Waals surface area contributed by atoms with E-state index in [1.807, 2.05) is 25.1 Å². The van der Waals surface area contributed by atoms with E-state index in [9.17, 15) is 10.2 Å². The zero-order valence-electron chi connectivity index (χ0n) is 10.8. The van der Waals surface area contributed by atoms with Crippen molar-refractivity contribution in [3.8, 4) is 22.6 Å². The van der Waals surface area contributed by atoms with Gasteiger partial charge in [-0.05, 0) is 41.7 Å². The molecule has 0 bridgehead atoms. The van der Waals surface area contributed by atoms with Crippen molar-refractivity contribution < 1.29 is 10.2 Å². The predicted molar refractivity (Wildman–Crippen MR) is 74.0 cm³/mol. The van der Waals surface area contributed by atoms with Gasteiger partial charge in [-0.3, -0.25) is 0 Å². The van der Waals surface area contributed by atoms with Crippen LogP contribution in [0.15, 0.2) is 36.4 Å². The van der Waals surface area contributed by atoms with Crippen LogP contribution in [-0.2, 0) is 12.8 Å². The summed E-state index contributed by atoms with van der Waals surface area (Å²) in [6.45, 7) is 4.10. The summed E-state index contributed by atoms with van der Waals surface area (Å²) in [5, 5.41) is 19.9. The van der Waals surface area contributed by atoms with Gasteiger partial charge in [0, 0.05) is 5.56 Å². The number of phenols is 2. The van der Waals surface area contributed by atoms with Gasteiger partial charge in [0.2, 0.25) is 0 Å². The summed E-state index contributed by atoms with van der Waals surface area (Å²) in [6, 6.07) is 11.0. The molecule has 0 saturated carbocycles. The Bertz CT molecular complexity index is 559. The topological polar surface area (TPSA) is 40.5 Å². The zero-order chi connectivity index (χ0) is 13.1. The minimum absolute atomic E-state index is 0.246. The van der Waals surface area contributed by atoms with Gasteiger partial charge < -0.3 is 10.2 Å². The third-order valence-corrected chi connectivity index (χ3v) is 3.26. The molecule has 0 heterocycles. The van der Waals surface area contributed by atoms with Crippen molar-refractivity contribution >= 4 is 0 Å². The van der Waals surface area contributed by atoms with E-state index in [1.165, 1.54) is 0 Å². The van der Waals surface area contributed by atoms with Crippen LogP contribution in [0.2, 0.25) is 0 Å². The van der Waals surface area contributed by atoms with Crippen molar-refractivity contribution in [2.24, 2.45) is 0 Å². The molecule has 0 radical (unpaired) electrons. The maximum atomic E-state index is 9.98. The molecule has 0 atom stereocenters. The second-order valence-corrected chi connectivity index (χ2v) is 4.36. The van der Waals surface area contributed by atoms with Crippen molar-refractivity contribution in [2.75, 3.05) is 0 Å². The van der Waals surface area contributed by atoms with Crippen molar-refractivity contribution in [1.82, 2.24) is 0 Å². The lowest BCUT2D eigenvalue weighted by Gasteiger charge is -2.13. The molecule has 18 heavy (non-hydrogen) atoms. The van der Waals surface area contributed by atoms with Crippen LogP contribution in [0, 0.1) is 0 Å². The molecular formula is C16H18O2. The van der Waals surface area contributed by atoms with Gasteiger partial charge in [0.1, 0.15) is 11.5 Å². The molecule has 0 aliphatic carbocycles. The summed E-state index contributed by atoms with van der Waals surface area (Å²) in [4.78, 5) is 0. The van der Waals surface area contributed by atoms with E-state index < -0.39 is 0 Å². The number of aromatic hydroxyl groups is 2. The molecule has 2 N–H and O–H groups in total. The first-order valence-corrected chi connectivity index (χ1v) is 6.30. The molecule has 2 aromatic rings. The fourth-order valence-corrected chi connectivity index (χ4v) is 2.21. The molecule has 0 spiro atoms. The first-order valence-electron chi connectivity index (χ1n) is 6.30. The Morgan fingerprint density at radius 1 is 0.778 bits per heavy atom. The van der Waals surface area contributed by atoms with Crippen LogP contribution in [0.4, 0.5) is 0 Å². The summed E-state index contributed by atoms with van der Waals surface area (Å²) in [6.07, 6.45) is 1.68. The van der Waals surface area contributed by atoms with Gasteiger partial charge >= 0.3 is 0 Å². The number of hydrogen-bond acceptors (Lipinski definition) is 2. The third kappa shape index (κ3) is 2.19. The molecule has 0 unspecified atom stereocenters. The molecule has 2 heteroatoms. The van der Waals surface area contributed by atoms with E-state index in [2.05, 4.69) is 6.92 Å². The van der Waals surface area contributed by atoms with E-state index >= 15 is 0 Å². The van der Waals surface area contributed by atoms with E-state index in [0.717, 1.165) is 35.1 Å². The number of aryl methyl sites for hydroxylation is 2. The number of phenolic OH excluding ortho intramolecular Hbond substituents is 2. The van der Waals surface area contributed by atoms with E-state index in [0.29, 0.717) is 5.75 Å². The van der Waals surface area contributed by atoms with E-state index in [4.69, 9.17) is 0 Å². The lowest BCUT2D eigenvalue weighted by Crippen LogP contribution is -1.92. The second kappa shape index (κ2) is 5.13. The molecule has 0 aromatic heterocycles. The highest BCUT2D eigenvalue weighted by molar-refractivity contribution is 5.75. The molecule has 0 fully saturated rings. The van der Waals surface area contributed by atoms with Gasteiger partial charge in [0.15, 0.2) is 0 Å². The number of hydrogen-bond donors (Lipinski definition) is 2. The van der Waals surface area contributed by atoms with Gasteiger partial charge in [-0.1, -0.05) is 38.1 Å². The van der Waals surface area contributed by atoms with Crippen molar-refractivity contribution in [1.29, 1.82) is 0 Å². The van der Waals surface area contributed by atoms with Crippen LogP contribution in [0.1, 0.15) is 25.0 Å². The van der Waals surface area contributed by atoms with Crippen LogP contribution >= 0.6 is 0 Å². The average molecular weight is 242 g/mol. The zero-order valence-corrected chi connectivity index (χ0v) is 10.8. The molecule has 94 valence electrons. The predicted octanol–water partition coefficient (Wildman–Crippen LogP) is 3.89. The van der Waals surface area contributed by atoms with Gasteiger partial charge in [-0.15, -0.1) is 0 Å². The van der Waals surface area contributed by atoms with Crippen LogP contribution in [0.25, 0.3) is 11.1 Å². The Morgan fingerprint density at radius 2 is 1.44 bits per heavy atom. The maximum Gasteiger partial charge on any atom is 0.123 e. The van der Waals surface area contributed by atoms with Crippen LogP contribution < -0.4 is 0 Å². The SMILES string of the molecule is CCc1cc(CC)c(-c2ccccc2O)cc1O. The van der Waals surface area contributed by atoms with Crippen LogP contribution in [0.5, 0.6) is 11.5 Å².